The van der Waals surface area contributed by atoms with E-state index in [1.165, 1.54) is 32.1 Å². The SMILES string of the molecule is CC1=CC2=C(C=CC=CC2c2ccc(S[Si](C)(C)C)cc2)C1[SiH](C)C1C(C)=CC2=C1C=CC=CC2c1ccc(S[Si](C)(C)C)cc1. The van der Waals surface area contributed by atoms with Crippen LogP contribution in [0.5, 0.6) is 0 Å². The first-order chi connectivity index (χ1) is 21.8. The lowest BCUT2D eigenvalue weighted by molar-refractivity contribution is 0.996. The van der Waals surface area contributed by atoms with Gasteiger partial charge in [-0.15, -0.1) is 0 Å². The maximum atomic E-state index is 2.64. The minimum absolute atomic E-state index is 0.306. The Balaban J connectivity index is 1.30. The van der Waals surface area contributed by atoms with Crippen molar-refractivity contribution in [3.8, 4) is 0 Å². The Hall–Kier alpha value is -2.29. The number of hydrogen-bond donors (Lipinski definition) is 0. The van der Waals surface area contributed by atoms with Crippen LogP contribution in [-0.4, -0.2) is 23.2 Å². The molecule has 0 nitrogen and oxygen atoms in total. The predicted molar refractivity (Wildman–Crippen MR) is 215 cm³/mol. The highest BCUT2D eigenvalue weighted by molar-refractivity contribution is 8.29. The molecular weight excluding hydrogens is 641 g/mol. The van der Waals surface area contributed by atoms with E-state index in [1.54, 1.807) is 22.3 Å². The van der Waals surface area contributed by atoms with Gasteiger partial charge in [-0.3, -0.25) is 0 Å². The number of rotatable bonds is 8. The maximum Gasteiger partial charge on any atom is 0.114 e. The van der Waals surface area contributed by atoms with Gasteiger partial charge in [-0.25, -0.2) is 0 Å². The number of hydrogen-bond acceptors (Lipinski definition) is 2. The highest BCUT2D eigenvalue weighted by Gasteiger charge is 2.40. The lowest BCUT2D eigenvalue weighted by Crippen LogP contribution is -2.25. The van der Waals surface area contributed by atoms with Crippen LogP contribution in [0, 0.1) is 0 Å². The van der Waals surface area contributed by atoms with E-state index in [0.717, 1.165) is 0 Å². The fourth-order valence-corrected chi connectivity index (χ4v) is 18.9. The Bertz CT molecular complexity index is 1600. The molecule has 0 N–H and O–H groups in total. The molecule has 0 heterocycles. The Labute approximate surface area is 290 Å². The second-order valence-electron chi connectivity index (χ2n) is 15.4. The van der Waals surface area contributed by atoms with Crippen molar-refractivity contribution in [1.29, 1.82) is 0 Å². The summed E-state index contributed by atoms with van der Waals surface area (Å²) in [7, 11) is -3.81. The lowest BCUT2D eigenvalue weighted by atomic mass is 9.89. The van der Waals surface area contributed by atoms with Crippen molar-refractivity contribution in [2.45, 2.75) is 92.4 Å². The first-order valence-corrected chi connectivity index (χ1v) is 29.5. The molecule has 0 aromatic heterocycles. The molecular formula is C41H50S2Si3. The van der Waals surface area contributed by atoms with Crippen molar-refractivity contribution in [3.63, 3.8) is 0 Å². The highest BCUT2D eigenvalue weighted by Crippen LogP contribution is 2.54. The summed E-state index contributed by atoms with van der Waals surface area (Å²) in [5.41, 5.74) is 13.2. The molecule has 5 heteroatoms. The molecule has 2 aromatic carbocycles. The second kappa shape index (κ2) is 13.3. The summed E-state index contributed by atoms with van der Waals surface area (Å²) in [4.78, 5) is 2.81. The van der Waals surface area contributed by atoms with Crippen LogP contribution in [0.3, 0.4) is 0 Å². The molecule has 2 aromatic rings. The van der Waals surface area contributed by atoms with Gasteiger partial charge in [0.2, 0.25) is 0 Å². The fourth-order valence-electron chi connectivity index (χ4n) is 7.86. The summed E-state index contributed by atoms with van der Waals surface area (Å²) >= 11 is 4.16. The van der Waals surface area contributed by atoms with E-state index in [2.05, 4.69) is 191 Å². The monoisotopic (exact) mass is 690 g/mol. The van der Waals surface area contributed by atoms with Crippen LogP contribution in [-0.2, 0) is 0 Å². The van der Waals surface area contributed by atoms with Crippen LogP contribution in [0.25, 0.3) is 0 Å². The van der Waals surface area contributed by atoms with Crippen LogP contribution in [0.4, 0.5) is 0 Å². The smallest absolute Gasteiger partial charge is 0.114 e. The molecule has 4 aliphatic rings. The zero-order chi connectivity index (χ0) is 32.8. The standard InChI is InChI=1S/C41H50S2Si3/c1-28-26-38-34(30-18-22-32(23-19-30)42-45(4,5)6)14-10-12-16-36(38)40(28)44(3)41-29(2)27-39-35(15-11-13-17-37(39)41)31-20-24-33(25-21-31)43-46(7,8)9/h10-27,34-35,40-41,44H,1-9H3. The van der Waals surface area contributed by atoms with Crippen molar-refractivity contribution in [2.24, 2.45) is 0 Å². The predicted octanol–water partition coefficient (Wildman–Crippen LogP) is 12.8. The molecule has 0 bridgehead atoms. The van der Waals surface area contributed by atoms with Gasteiger partial charge in [0, 0.05) is 21.6 Å². The summed E-state index contributed by atoms with van der Waals surface area (Å²) in [5.74, 6) is 0.612. The summed E-state index contributed by atoms with van der Waals surface area (Å²) in [6.45, 7) is 22.0. The molecule has 6 rings (SSSR count). The first kappa shape index (κ1) is 33.6. The van der Waals surface area contributed by atoms with Crippen LogP contribution in [0.2, 0.25) is 56.9 Å². The van der Waals surface area contributed by atoms with Gasteiger partial charge in [-0.2, -0.15) is 22.4 Å². The van der Waals surface area contributed by atoms with Gasteiger partial charge in [-0.05, 0) is 82.6 Å². The van der Waals surface area contributed by atoms with E-state index in [1.807, 2.05) is 0 Å². The van der Waals surface area contributed by atoms with E-state index in [4.69, 9.17) is 0 Å². The highest BCUT2D eigenvalue weighted by atomic mass is 32.4. The van der Waals surface area contributed by atoms with Crippen LogP contribution < -0.4 is 0 Å². The van der Waals surface area contributed by atoms with E-state index in [9.17, 15) is 0 Å². The van der Waals surface area contributed by atoms with Gasteiger partial charge < -0.3 is 0 Å². The van der Waals surface area contributed by atoms with Gasteiger partial charge in [0.15, 0.2) is 0 Å². The Morgan fingerprint density at radius 3 is 1.24 bits per heavy atom. The molecule has 4 atom stereocenters. The van der Waals surface area contributed by atoms with Crippen molar-refractivity contribution in [1.82, 2.24) is 0 Å². The second-order valence-corrected chi connectivity index (χ2v) is 36.8. The third kappa shape index (κ3) is 7.24. The fraction of sp³-hybridized carbons (Fsp3) is 0.317. The van der Waals surface area contributed by atoms with Crippen molar-refractivity contribution in [3.05, 3.63) is 154 Å². The summed E-state index contributed by atoms with van der Waals surface area (Å²) < 4.78 is 0. The van der Waals surface area contributed by atoms with E-state index >= 15 is 0 Å². The van der Waals surface area contributed by atoms with Crippen molar-refractivity contribution in [2.75, 3.05) is 0 Å². The summed E-state index contributed by atoms with van der Waals surface area (Å²) in [6.07, 6.45) is 24.0. The van der Waals surface area contributed by atoms with Crippen LogP contribution in [0.15, 0.2) is 153 Å². The van der Waals surface area contributed by atoms with Gasteiger partial charge in [0.1, 0.15) is 14.4 Å². The largest absolute Gasteiger partial charge is 0.152 e. The lowest BCUT2D eigenvalue weighted by Gasteiger charge is -2.30. The minimum atomic E-state index is -1.37. The number of benzene rings is 2. The molecule has 0 spiro atoms. The third-order valence-electron chi connectivity index (χ3n) is 9.51. The molecule has 4 aliphatic carbocycles. The zero-order valence-corrected chi connectivity index (χ0v) is 33.9. The average molecular weight is 691 g/mol. The quantitative estimate of drug-likeness (QED) is 0.253. The molecule has 0 fully saturated rings. The summed E-state index contributed by atoms with van der Waals surface area (Å²) in [6, 6.07) is 18.9. The molecule has 0 amide bonds. The molecule has 0 saturated heterocycles. The molecule has 0 radical (unpaired) electrons. The molecule has 46 heavy (non-hydrogen) atoms. The van der Waals surface area contributed by atoms with E-state index in [0.29, 0.717) is 22.9 Å². The third-order valence-corrected chi connectivity index (χ3v) is 20.7. The van der Waals surface area contributed by atoms with Gasteiger partial charge in [-0.1, -0.05) is 142 Å². The Morgan fingerprint density at radius 1 is 0.522 bits per heavy atom. The normalized spacial score (nSPS) is 24.9. The Kier molecular flexibility index (Phi) is 9.73. The van der Waals surface area contributed by atoms with Crippen molar-refractivity contribution >= 4 is 45.7 Å². The zero-order valence-electron chi connectivity index (χ0n) is 29.1. The summed E-state index contributed by atoms with van der Waals surface area (Å²) in [5, 5.41) is 0. The molecule has 4 unspecified atom stereocenters. The van der Waals surface area contributed by atoms with Gasteiger partial charge in [0.25, 0.3) is 0 Å². The maximum absolute atomic E-state index is 2.64. The van der Waals surface area contributed by atoms with Crippen LogP contribution >= 0.6 is 22.4 Å². The number of allylic oxidation sites excluding steroid dienone is 16. The van der Waals surface area contributed by atoms with E-state index in [-0.39, 0.29) is 0 Å². The molecule has 0 aliphatic heterocycles. The van der Waals surface area contributed by atoms with Crippen LogP contribution in [0.1, 0.15) is 36.8 Å². The first-order valence-electron chi connectivity index (χ1n) is 16.9. The molecule has 238 valence electrons. The Morgan fingerprint density at radius 2 is 0.891 bits per heavy atom. The van der Waals surface area contributed by atoms with E-state index < -0.39 is 23.2 Å². The molecule has 0 saturated carbocycles. The van der Waals surface area contributed by atoms with Crippen molar-refractivity contribution < 1.29 is 0 Å². The van der Waals surface area contributed by atoms with Gasteiger partial charge in [0.05, 0.1) is 8.80 Å². The topological polar surface area (TPSA) is 0 Å². The average Bonchev–Trinajstić information content (AvgIpc) is 3.28. The van der Waals surface area contributed by atoms with Gasteiger partial charge >= 0.3 is 0 Å². The minimum Gasteiger partial charge on any atom is -0.152 e.